The van der Waals surface area contributed by atoms with Gasteiger partial charge >= 0.3 is 0 Å². The van der Waals surface area contributed by atoms with E-state index >= 15 is 0 Å². The Morgan fingerprint density at radius 3 is 2.54 bits per heavy atom. The van der Waals surface area contributed by atoms with Crippen molar-refractivity contribution in [2.45, 2.75) is 25.7 Å². The molecule has 13 heavy (non-hydrogen) atoms. The van der Waals surface area contributed by atoms with Crippen LogP contribution in [0.4, 0.5) is 0 Å². The molecule has 0 heterocycles. The van der Waals surface area contributed by atoms with E-state index in [9.17, 15) is 0 Å². The standard InChI is InChI=1S/C10H11N3/c1-2-3-9-13-10(6-8-12)5-4-7-11/h1H,3-6,9H2/b13-10+. The second-order valence-electron chi connectivity index (χ2n) is 2.40. The van der Waals surface area contributed by atoms with Gasteiger partial charge in [0.1, 0.15) is 0 Å². The molecule has 0 aliphatic heterocycles. The Labute approximate surface area is 78.7 Å². The minimum absolute atomic E-state index is 0.298. The van der Waals surface area contributed by atoms with Gasteiger partial charge in [0, 0.05) is 25.1 Å². The van der Waals surface area contributed by atoms with Crippen LogP contribution >= 0.6 is 0 Å². The minimum atomic E-state index is 0.298. The summed E-state index contributed by atoms with van der Waals surface area (Å²) in [5.74, 6) is 2.47. The lowest BCUT2D eigenvalue weighted by Crippen LogP contribution is -1.98. The van der Waals surface area contributed by atoms with E-state index in [1.807, 2.05) is 12.1 Å². The van der Waals surface area contributed by atoms with E-state index in [4.69, 9.17) is 16.9 Å². The SMILES string of the molecule is C#CCC/N=C(/CC#N)CCC#N. The predicted molar refractivity (Wildman–Crippen MR) is 50.8 cm³/mol. The molecular weight excluding hydrogens is 162 g/mol. The van der Waals surface area contributed by atoms with Gasteiger partial charge in [-0.25, -0.2) is 0 Å². The van der Waals surface area contributed by atoms with Crippen LogP contribution in [0.15, 0.2) is 4.99 Å². The van der Waals surface area contributed by atoms with Crippen molar-refractivity contribution < 1.29 is 0 Å². The van der Waals surface area contributed by atoms with Crippen LogP contribution < -0.4 is 0 Å². The first kappa shape index (κ1) is 11.2. The van der Waals surface area contributed by atoms with Crippen LogP contribution in [0.2, 0.25) is 0 Å². The van der Waals surface area contributed by atoms with Gasteiger partial charge < -0.3 is 0 Å². The summed E-state index contributed by atoms with van der Waals surface area (Å²) >= 11 is 0. The zero-order valence-electron chi connectivity index (χ0n) is 7.45. The molecule has 3 nitrogen and oxygen atoms in total. The second kappa shape index (κ2) is 8.31. The molecule has 0 saturated heterocycles. The predicted octanol–water partition coefficient (Wildman–Crippen LogP) is 1.67. The van der Waals surface area contributed by atoms with Gasteiger partial charge in [0.2, 0.25) is 0 Å². The van der Waals surface area contributed by atoms with E-state index in [-0.39, 0.29) is 0 Å². The molecule has 0 radical (unpaired) electrons. The Balaban J connectivity index is 3.95. The van der Waals surface area contributed by atoms with E-state index in [0.29, 0.717) is 32.2 Å². The molecule has 0 fully saturated rings. The highest BCUT2D eigenvalue weighted by atomic mass is 14.7. The maximum absolute atomic E-state index is 8.44. The molecule has 0 saturated carbocycles. The van der Waals surface area contributed by atoms with Crippen molar-refractivity contribution in [3.8, 4) is 24.5 Å². The summed E-state index contributed by atoms with van der Waals surface area (Å²) in [5, 5.41) is 16.8. The van der Waals surface area contributed by atoms with Crippen LogP contribution in [0.5, 0.6) is 0 Å². The number of nitrogens with zero attached hydrogens (tertiary/aromatic N) is 3. The summed E-state index contributed by atoms with van der Waals surface area (Å²) in [6.45, 7) is 0.555. The molecular formula is C10H11N3. The van der Waals surface area contributed by atoms with Crippen molar-refractivity contribution in [2.24, 2.45) is 4.99 Å². The quantitative estimate of drug-likeness (QED) is 0.360. The Bertz CT molecular complexity index is 283. The van der Waals surface area contributed by atoms with Crippen molar-refractivity contribution in [2.75, 3.05) is 6.54 Å². The number of rotatable bonds is 5. The van der Waals surface area contributed by atoms with Crippen molar-refractivity contribution in [1.82, 2.24) is 0 Å². The molecule has 0 aromatic heterocycles. The summed E-state index contributed by atoms with van der Waals surface area (Å²) in [6, 6.07) is 4.03. The third-order valence-electron chi connectivity index (χ3n) is 1.40. The zero-order valence-corrected chi connectivity index (χ0v) is 7.45. The molecule has 0 spiro atoms. The molecule has 0 aliphatic rings. The summed E-state index contributed by atoms with van der Waals surface area (Å²) in [5.41, 5.74) is 0.777. The summed E-state index contributed by atoms with van der Waals surface area (Å²) in [4.78, 5) is 4.14. The number of aliphatic imine (C=N–C) groups is 1. The van der Waals surface area contributed by atoms with Gasteiger partial charge in [-0.1, -0.05) is 0 Å². The summed E-state index contributed by atoms with van der Waals surface area (Å²) in [7, 11) is 0. The van der Waals surface area contributed by atoms with Gasteiger partial charge in [0.05, 0.1) is 18.6 Å². The fraction of sp³-hybridized carbons (Fsp3) is 0.500. The largest absolute Gasteiger partial charge is 0.292 e. The number of nitriles is 2. The average Bonchev–Trinajstić information content (AvgIpc) is 2.14. The van der Waals surface area contributed by atoms with Gasteiger partial charge in [-0.2, -0.15) is 10.5 Å². The molecule has 66 valence electrons. The number of hydrogen-bond acceptors (Lipinski definition) is 3. The maximum atomic E-state index is 8.44. The molecule has 0 bridgehead atoms. The van der Waals surface area contributed by atoms with Gasteiger partial charge in [-0.05, 0) is 6.42 Å². The van der Waals surface area contributed by atoms with Crippen LogP contribution in [0.3, 0.4) is 0 Å². The molecule has 3 heteroatoms. The van der Waals surface area contributed by atoms with Gasteiger partial charge in [0.25, 0.3) is 0 Å². The fourth-order valence-corrected chi connectivity index (χ4v) is 0.793. The summed E-state index contributed by atoms with van der Waals surface area (Å²) in [6.07, 6.45) is 6.93. The molecule has 0 unspecified atom stereocenters. The lowest BCUT2D eigenvalue weighted by Gasteiger charge is -1.97. The van der Waals surface area contributed by atoms with Crippen LogP contribution in [0.25, 0.3) is 0 Å². The van der Waals surface area contributed by atoms with Crippen molar-refractivity contribution >= 4 is 5.71 Å². The topological polar surface area (TPSA) is 59.9 Å². The molecule has 0 aromatic carbocycles. The second-order valence-corrected chi connectivity index (χ2v) is 2.40. The first-order valence-corrected chi connectivity index (χ1v) is 4.04. The Hall–Kier alpha value is -1.79. The molecule has 0 N–H and O–H groups in total. The molecule has 0 aliphatic carbocycles. The van der Waals surface area contributed by atoms with E-state index in [1.54, 1.807) is 0 Å². The lowest BCUT2D eigenvalue weighted by molar-refractivity contribution is 0.987. The van der Waals surface area contributed by atoms with Gasteiger partial charge in [-0.3, -0.25) is 4.99 Å². The van der Waals surface area contributed by atoms with E-state index in [2.05, 4.69) is 10.9 Å². The monoisotopic (exact) mass is 173 g/mol. The maximum Gasteiger partial charge on any atom is 0.0731 e. The van der Waals surface area contributed by atoms with Crippen LogP contribution in [-0.2, 0) is 0 Å². The minimum Gasteiger partial charge on any atom is -0.292 e. The molecule has 0 aromatic rings. The Morgan fingerprint density at radius 1 is 1.23 bits per heavy atom. The smallest absolute Gasteiger partial charge is 0.0731 e. The molecule has 0 atom stereocenters. The van der Waals surface area contributed by atoms with Crippen molar-refractivity contribution in [3.05, 3.63) is 0 Å². The van der Waals surface area contributed by atoms with E-state index in [0.717, 1.165) is 5.71 Å². The number of hydrogen-bond donors (Lipinski definition) is 0. The van der Waals surface area contributed by atoms with Crippen molar-refractivity contribution in [1.29, 1.82) is 10.5 Å². The lowest BCUT2D eigenvalue weighted by atomic mass is 10.2. The molecule has 0 rings (SSSR count). The van der Waals surface area contributed by atoms with Crippen LogP contribution in [0, 0.1) is 35.0 Å². The number of terminal acetylenes is 1. The summed E-state index contributed by atoms with van der Waals surface area (Å²) < 4.78 is 0. The molecule has 0 amide bonds. The van der Waals surface area contributed by atoms with Gasteiger partial charge in [0.15, 0.2) is 0 Å². The normalized spacial score (nSPS) is 9.77. The van der Waals surface area contributed by atoms with Gasteiger partial charge in [-0.15, -0.1) is 12.3 Å². The highest BCUT2D eigenvalue weighted by Gasteiger charge is 1.97. The first-order valence-electron chi connectivity index (χ1n) is 4.04. The average molecular weight is 173 g/mol. The van der Waals surface area contributed by atoms with Crippen LogP contribution in [-0.4, -0.2) is 12.3 Å². The zero-order chi connectivity index (χ0) is 9.94. The highest BCUT2D eigenvalue weighted by molar-refractivity contribution is 5.86. The Morgan fingerprint density at radius 2 is 2.00 bits per heavy atom. The van der Waals surface area contributed by atoms with Crippen LogP contribution in [0.1, 0.15) is 25.7 Å². The van der Waals surface area contributed by atoms with E-state index < -0.39 is 0 Å². The third-order valence-corrected chi connectivity index (χ3v) is 1.40. The first-order chi connectivity index (χ1) is 6.35. The third kappa shape index (κ3) is 6.60. The highest BCUT2D eigenvalue weighted by Crippen LogP contribution is 1.97. The fourth-order valence-electron chi connectivity index (χ4n) is 0.793. The van der Waals surface area contributed by atoms with Crippen molar-refractivity contribution in [3.63, 3.8) is 0 Å². The Kier molecular flexibility index (Phi) is 7.16. The van der Waals surface area contributed by atoms with E-state index in [1.165, 1.54) is 0 Å².